The van der Waals surface area contributed by atoms with Gasteiger partial charge in [-0.05, 0) is 19.8 Å². The highest BCUT2D eigenvalue weighted by molar-refractivity contribution is 5.90. The van der Waals surface area contributed by atoms with Gasteiger partial charge in [0.05, 0.1) is 12.1 Å². The Morgan fingerprint density at radius 3 is 2.71 bits per heavy atom. The number of nitrogens with two attached hydrogens (primary N) is 1. The van der Waals surface area contributed by atoms with Crippen LogP contribution in [0.15, 0.2) is 0 Å². The molecule has 2 N–H and O–H groups in total. The molecule has 0 aliphatic carbocycles. The molecule has 1 rings (SSSR count). The number of hydrogen-bond acceptors (Lipinski definition) is 3. The summed E-state index contributed by atoms with van der Waals surface area (Å²) in [4.78, 5) is 27.2. The molecule has 1 unspecified atom stereocenters. The Kier molecular flexibility index (Phi) is 4.51. The third-order valence-corrected chi connectivity index (χ3v) is 3.22. The molecule has 0 bridgehead atoms. The van der Waals surface area contributed by atoms with Crippen molar-refractivity contribution in [2.75, 3.05) is 26.7 Å². The molecule has 17 heavy (non-hydrogen) atoms. The van der Waals surface area contributed by atoms with Crippen molar-refractivity contribution in [1.29, 1.82) is 0 Å². The number of carbonyl (C=O) groups is 2. The minimum Gasteiger partial charge on any atom is -0.344 e. The van der Waals surface area contributed by atoms with E-state index in [0.29, 0.717) is 19.5 Å². The number of amides is 2. The first-order valence-electron chi connectivity index (χ1n) is 6.20. The SMILES string of the molecule is CCCC(C)(N)C(=O)N1CCCN(C)C(=O)C1. The molecule has 0 aromatic rings. The monoisotopic (exact) mass is 241 g/mol. The van der Waals surface area contributed by atoms with E-state index in [1.54, 1.807) is 23.8 Å². The summed E-state index contributed by atoms with van der Waals surface area (Å²) in [5.41, 5.74) is 5.17. The van der Waals surface area contributed by atoms with Crippen LogP contribution < -0.4 is 5.73 Å². The lowest BCUT2D eigenvalue weighted by Crippen LogP contribution is -2.54. The van der Waals surface area contributed by atoms with Crippen LogP contribution >= 0.6 is 0 Å². The second-order valence-electron chi connectivity index (χ2n) is 5.06. The lowest BCUT2D eigenvalue weighted by atomic mass is 9.95. The zero-order valence-electron chi connectivity index (χ0n) is 11.0. The zero-order chi connectivity index (χ0) is 13.1. The smallest absolute Gasteiger partial charge is 0.242 e. The van der Waals surface area contributed by atoms with E-state index in [1.165, 1.54) is 0 Å². The summed E-state index contributed by atoms with van der Waals surface area (Å²) in [5.74, 6) is -0.119. The highest BCUT2D eigenvalue weighted by Gasteiger charge is 2.33. The second kappa shape index (κ2) is 5.49. The molecular formula is C12H23N3O2. The first-order chi connectivity index (χ1) is 7.88. The molecule has 1 heterocycles. The summed E-state index contributed by atoms with van der Waals surface area (Å²) >= 11 is 0. The topological polar surface area (TPSA) is 66.6 Å². The minimum atomic E-state index is -0.849. The van der Waals surface area contributed by atoms with Crippen LogP contribution in [-0.2, 0) is 9.59 Å². The standard InChI is InChI=1S/C12H23N3O2/c1-4-6-12(2,13)11(17)15-8-5-7-14(3)10(16)9-15/h4-9,13H2,1-3H3. The molecule has 0 aromatic carbocycles. The molecule has 2 amide bonds. The van der Waals surface area contributed by atoms with Crippen LogP contribution in [0.1, 0.15) is 33.1 Å². The highest BCUT2D eigenvalue weighted by atomic mass is 16.2. The molecule has 5 nitrogen and oxygen atoms in total. The molecular weight excluding hydrogens is 218 g/mol. The Morgan fingerprint density at radius 2 is 2.12 bits per heavy atom. The first-order valence-corrected chi connectivity index (χ1v) is 6.20. The molecule has 0 spiro atoms. The molecule has 1 fully saturated rings. The van der Waals surface area contributed by atoms with Gasteiger partial charge in [-0.25, -0.2) is 0 Å². The van der Waals surface area contributed by atoms with Crippen molar-refractivity contribution in [1.82, 2.24) is 9.80 Å². The number of rotatable bonds is 3. The lowest BCUT2D eigenvalue weighted by molar-refractivity contribution is -0.141. The minimum absolute atomic E-state index is 0.0110. The summed E-state index contributed by atoms with van der Waals surface area (Å²) in [7, 11) is 1.77. The van der Waals surface area contributed by atoms with Crippen LogP contribution in [-0.4, -0.2) is 53.8 Å². The lowest BCUT2D eigenvalue weighted by Gasteiger charge is -2.30. The predicted octanol–water partition coefficient (Wildman–Crippen LogP) is 0.195. The average Bonchev–Trinajstić information content (AvgIpc) is 2.40. The number of hydrogen-bond donors (Lipinski definition) is 1. The third-order valence-electron chi connectivity index (χ3n) is 3.22. The first kappa shape index (κ1) is 14.0. The van der Waals surface area contributed by atoms with Crippen molar-refractivity contribution >= 4 is 11.8 Å². The molecule has 1 atom stereocenters. The number of likely N-dealkylation sites (N-methyl/N-ethyl adjacent to an activating group) is 1. The number of nitrogens with zero attached hydrogens (tertiary/aromatic N) is 2. The van der Waals surface area contributed by atoms with E-state index in [4.69, 9.17) is 5.73 Å². The fourth-order valence-corrected chi connectivity index (χ4v) is 2.15. The Bertz CT molecular complexity index is 302. The average molecular weight is 241 g/mol. The van der Waals surface area contributed by atoms with Crippen molar-refractivity contribution in [2.24, 2.45) is 5.73 Å². The quantitative estimate of drug-likeness (QED) is 0.767. The highest BCUT2D eigenvalue weighted by Crippen LogP contribution is 2.14. The van der Waals surface area contributed by atoms with Gasteiger partial charge in [-0.2, -0.15) is 0 Å². The van der Waals surface area contributed by atoms with Gasteiger partial charge in [0.15, 0.2) is 0 Å². The summed E-state index contributed by atoms with van der Waals surface area (Å²) in [6, 6.07) is 0. The third kappa shape index (κ3) is 3.43. The fraction of sp³-hybridized carbons (Fsp3) is 0.833. The predicted molar refractivity (Wildman–Crippen MR) is 66.3 cm³/mol. The van der Waals surface area contributed by atoms with Gasteiger partial charge in [0.25, 0.3) is 0 Å². The van der Waals surface area contributed by atoms with E-state index in [0.717, 1.165) is 12.8 Å². The maximum absolute atomic E-state index is 12.2. The van der Waals surface area contributed by atoms with Crippen molar-refractivity contribution in [2.45, 2.75) is 38.6 Å². The van der Waals surface area contributed by atoms with Crippen molar-refractivity contribution < 1.29 is 9.59 Å². The molecule has 1 aliphatic rings. The normalized spacial score (nSPS) is 21.1. The van der Waals surface area contributed by atoms with E-state index < -0.39 is 5.54 Å². The summed E-state index contributed by atoms with van der Waals surface area (Å²) in [6.45, 7) is 5.23. The maximum Gasteiger partial charge on any atom is 0.242 e. The molecule has 0 radical (unpaired) electrons. The van der Waals surface area contributed by atoms with Gasteiger partial charge in [-0.3, -0.25) is 9.59 Å². The Labute approximate surface area is 103 Å². The second-order valence-corrected chi connectivity index (χ2v) is 5.06. The van der Waals surface area contributed by atoms with Crippen LogP contribution in [0.2, 0.25) is 0 Å². The van der Waals surface area contributed by atoms with Crippen LogP contribution in [0.5, 0.6) is 0 Å². The largest absolute Gasteiger partial charge is 0.344 e. The Hall–Kier alpha value is -1.10. The van der Waals surface area contributed by atoms with Gasteiger partial charge in [-0.1, -0.05) is 13.3 Å². The van der Waals surface area contributed by atoms with E-state index in [1.807, 2.05) is 6.92 Å². The molecule has 0 saturated carbocycles. The number of carbonyl (C=O) groups excluding carboxylic acids is 2. The van der Waals surface area contributed by atoms with Gasteiger partial charge in [0, 0.05) is 20.1 Å². The van der Waals surface area contributed by atoms with Crippen molar-refractivity contribution in [3.63, 3.8) is 0 Å². The van der Waals surface area contributed by atoms with Crippen LogP contribution in [0, 0.1) is 0 Å². The maximum atomic E-state index is 12.2. The van der Waals surface area contributed by atoms with E-state index in [9.17, 15) is 9.59 Å². The van der Waals surface area contributed by atoms with Gasteiger partial charge in [0.2, 0.25) is 11.8 Å². The zero-order valence-corrected chi connectivity index (χ0v) is 11.0. The Balaban J connectivity index is 2.72. The van der Waals surface area contributed by atoms with E-state index in [-0.39, 0.29) is 18.4 Å². The van der Waals surface area contributed by atoms with Gasteiger partial charge in [-0.15, -0.1) is 0 Å². The van der Waals surface area contributed by atoms with Crippen LogP contribution in [0.4, 0.5) is 0 Å². The van der Waals surface area contributed by atoms with Crippen LogP contribution in [0.25, 0.3) is 0 Å². The Morgan fingerprint density at radius 1 is 1.47 bits per heavy atom. The van der Waals surface area contributed by atoms with Crippen LogP contribution in [0.3, 0.4) is 0 Å². The molecule has 98 valence electrons. The molecule has 5 heteroatoms. The summed E-state index contributed by atoms with van der Waals surface area (Å²) in [6.07, 6.45) is 2.32. The summed E-state index contributed by atoms with van der Waals surface area (Å²) in [5, 5.41) is 0. The van der Waals surface area contributed by atoms with Crippen molar-refractivity contribution in [3.05, 3.63) is 0 Å². The molecule has 1 aliphatic heterocycles. The van der Waals surface area contributed by atoms with Gasteiger partial charge in [0.1, 0.15) is 0 Å². The van der Waals surface area contributed by atoms with Crippen molar-refractivity contribution in [3.8, 4) is 0 Å². The van der Waals surface area contributed by atoms with Gasteiger partial charge < -0.3 is 15.5 Å². The molecule has 1 saturated heterocycles. The van der Waals surface area contributed by atoms with Gasteiger partial charge >= 0.3 is 0 Å². The fourth-order valence-electron chi connectivity index (χ4n) is 2.15. The van der Waals surface area contributed by atoms with E-state index >= 15 is 0 Å². The molecule has 0 aromatic heterocycles. The summed E-state index contributed by atoms with van der Waals surface area (Å²) < 4.78 is 0. The van der Waals surface area contributed by atoms with E-state index in [2.05, 4.69) is 0 Å².